The number of nitrogens with one attached hydrogen (secondary N) is 2. The second-order valence-electron chi connectivity index (χ2n) is 38.5. The van der Waals surface area contributed by atoms with Crippen molar-refractivity contribution in [2.24, 2.45) is 35.5 Å². The number of methoxy groups -OCH3 is 3. The largest absolute Gasteiger partial charge is 0.460 e. The molecule has 1 aliphatic carbocycles. The molecule has 39 nitrogen and oxygen atoms in total. The number of hydrogen-bond acceptors (Lipinski definition) is 33. The molecule has 6 aliphatic heterocycles. The molecule has 5 fully saturated rings. The van der Waals surface area contributed by atoms with Crippen molar-refractivity contribution in [3.63, 3.8) is 0 Å². The topological polar surface area (TPSA) is 485 Å². The van der Waals surface area contributed by atoms with Gasteiger partial charge in [0, 0.05) is 179 Å². The monoisotopic (exact) mass is 1950 g/mol. The number of nitrogen functional groups attached to an aromatic ring is 2. The normalized spacial score (nSPS) is 26.9. The number of piperidine rings is 1. The van der Waals surface area contributed by atoms with Gasteiger partial charge in [-0.1, -0.05) is 89.3 Å². The number of alkyl carbamates (subject to hydrolysis) is 1. The van der Waals surface area contributed by atoms with Crippen LogP contribution in [0.25, 0.3) is 33.4 Å². The van der Waals surface area contributed by atoms with Crippen molar-refractivity contribution in [2.75, 3.05) is 148 Å². The number of anilines is 4. The van der Waals surface area contributed by atoms with E-state index in [1.165, 1.54) is 30.7 Å². The molecule has 760 valence electrons. The number of carbonyl (C=O) groups is 9. The summed E-state index contributed by atoms with van der Waals surface area (Å²) in [5, 5.41) is 35.1. The number of allylic oxidation sites excluding steroid dienone is 6. The van der Waals surface area contributed by atoms with Gasteiger partial charge in [0.15, 0.2) is 17.0 Å². The highest BCUT2D eigenvalue weighted by molar-refractivity contribution is 6.39. The van der Waals surface area contributed by atoms with Crippen LogP contribution in [0.4, 0.5) is 28.5 Å². The number of benzene rings is 2. The Morgan fingerprint density at radius 2 is 1.42 bits per heavy atom. The highest BCUT2D eigenvalue weighted by Gasteiger charge is 2.54. The van der Waals surface area contributed by atoms with Crippen LogP contribution in [0.15, 0.2) is 120 Å². The lowest BCUT2D eigenvalue weighted by atomic mass is 9.78. The molecular weight excluding hydrogens is 1810 g/mol. The van der Waals surface area contributed by atoms with E-state index in [0.29, 0.717) is 205 Å². The molecule has 7 aliphatic rings. The summed E-state index contributed by atoms with van der Waals surface area (Å²) in [6.45, 7) is 21.2. The molecule has 0 radical (unpaired) electrons. The van der Waals surface area contributed by atoms with Crippen molar-refractivity contribution in [2.45, 2.75) is 219 Å². The minimum Gasteiger partial charge on any atom is -0.460 e. The summed E-state index contributed by atoms with van der Waals surface area (Å²) >= 11 is 0. The quantitative estimate of drug-likeness (QED) is 0.0122. The predicted molar refractivity (Wildman–Crippen MR) is 523 cm³/mol. The van der Waals surface area contributed by atoms with E-state index >= 15 is 0 Å². The number of esters is 1. The molecule has 1 saturated carbocycles. The number of fused-ring (bicyclic) bond motifs is 6. The molecule has 4 saturated heterocycles. The lowest BCUT2D eigenvalue weighted by Crippen LogP contribution is -2.61. The fourth-order valence-electron chi connectivity index (χ4n) is 20.0. The van der Waals surface area contributed by atoms with E-state index in [1.54, 1.807) is 66.5 Å². The summed E-state index contributed by atoms with van der Waals surface area (Å²) < 4.78 is 55.2. The van der Waals surface area contributed by atoms with Gasteiger partial charge in [0.1, 0.15) is 59.6 Å². The van der Waals surface area contributed by atoms with Crippen molar-refractivity contribution in [3.8, 4) is 11.3 Å². The van der Waals surface area contributed by atoms with Crippen LogP contribution < -0.4 is 31.9 Å². The van der Waals surface area contributed by atoms with Crippen molar-refractivity contribution in [1.29, 1.82) is 0 Å². The lowest BCUT2D eigenvalue weighted by molar-refractivity contribution is -0.265. The van der Waals surface area contributed by atoms with Gasteiger partial charge in [0.05, 0.1) is 75.1 Å². The maximum Gasteiger partial charge on any atom is 0.407 e. The first kappa shape index (κ1) is 105. The number of aromatic nitrogens is 9. The van der Waals surface area contributed by atoms with Gasteiger partial charge in [-0.05, 0) is 148 Å². The number of ketones is 3. The van der Waals surface area contributed by atoms with Crippen LogP contribution in [0, 0.1) is 35.5 Å². The summed E-state index contributed by atoms with van der Waals surface area (Å²) in [6, 6.07) is 10.6. The number of aliphatic hydroxyl groups excluding tert-OH is 1. The fraction of sp³-hybridized carbons (Fsp3) is 0.578. The molecule has 141 heavy (non-hydrogen) atoms. The zero-order valence-corrected chi connectivity index (χ0v) is 82.5. The Kier molecular flexibility index (Phi) is 36.6. The van der Waals surface area contributed by atoms with Gasteiger partial charge in [-0.25, -0.2) is 44.2 Å². The van der Waals surface area contributed by atoms with Crippen molar-refractivity contribution >= 4 is 98.9 Å². The smallest absolute Gasteiger partial charge is 0.407 e. The number of amides is 5. The SMILES string of the molecule is CO[C@H]1C[C@@H]2CC[C@@H](C)[C@@](O)(O2)C(=O)C(=O)N2CCCC[C@H]2C(=O)O[C@H]([C@H](C)C[C@@H]2CC[C@@H](OC(=O)NCc3cnc(N4CCN(C(=O)CCOCCN5CCN(c6ncc(C(=O)NCCOCCC(=O)N7CCc8cc(Cn9nc(-c%10ccc%11oc(N)nc%11c%10)c%10c(N)ncnc%109)ccc8C7)cn6)CC5)CC4)nc3)[C@H](OC)C2)CC(=O)[C@H](C)/C=C(\C)[C@@H](O)[C@@H](OC)C(=O)[C@H](C)C[C@H](C)/C=C/C=C/C=C/1C. The van der Waals surface area contributed by atoms with Crippen molar-refractivity contribution in [1.82, 2.24) is 74.9 Å². The molecule has 11 heterocycles. The number of nitrogens with zero attached hydrogens (tertiary/aromatic N) is 15. The van der Waals surface area contributed by atoms with Gasteiger partial charge < -0.3 is 99.1 Å². The van der Waals surface area contributed by atoms with Gasteiger partial charge in [-0.2, -0.15) is 10.1 Å². The van der Waals surface area contributed by atoms with E-state index in [9.17, 15) is 53.4 Å². The van der Waals surface area contributed by atoms with Gasteiger partial charge in [-0.3, -0.25) is 38.5 Å². The van der Waals surface area contributed by atoms with E-state index in [0.717, 1.165) is 40.9 Å². The zero-order chi connectivity index (χ0) is 100. The second kappa shape index (κ2) is 49.2. The average Bonchev–Trinajstić information content (AvgIpc) is 1.69. The molecule has 2 bridgehead atoms. The van der Waals surface area contributed by atoms with Crippen LogP contribution in [0.3, 0.4) is 0 Å². The average molecular weight is 1950 g/mol. The highest BCUT2D eigenvalue weighted by atomic mass is 16.6. The summed E-state index contributed by atoms with van der Waals surface area (Å²) in [7, 11) is 4.48. The van der Waals surface area contributed by atoms with Crippen molar-refractivity contribution < 1.29 is 95.7 Å². The Hall–Kier alpha value is -12.0. The van der Waals surface area contributed by atoms with Crippen LogP contribution in [0.1, 0.15) is 171 Å². The molecule has 5 aromatic heterocycles. The first-order chi connectivity index (χ1) is 67.9. The van der Waals surface area contributed by atoms with E-state index in [1.807, 2.05) is 88.7 Å². The molecule has 15 atom stereocenters. The summed E-state index contributed by atoms with van der Waals surface area (Å²) in [5.74, 6) is -7.81. The third kappa shape index (κ3) is 26.9. The van der Waals surface area contributed by atoms with Crippen LogP contribution in [-0.4, -0.2) is 308 Å². The minimum atomic E-state index is -2.50. The van der Waals surface area contributed by atoms with Gasteiger partial charge >= 0.3 is 12.1 Å². The first-order valence-corrected chi connectivity index (χ1v) is 49.4. The van der Waals surface area contributed by atoms with Crippen LogP contribution >= 0.6 is 0 Å². The number of rotatable bonds is 27. The predicted octanol–water partition coefficient (Wildman–Crippen LogP) is 8.45. The zero-order valence-electron chi connectivity index (χ0n) is 82.5. The number of hydrogen-bond donors (Lipinski definition) is 6. The molecule has 14 rings (SSSR count). The van der Waals surface area contributed by atoms with E-state index in [2.05, 4.69) is 67.5 Å². The van der Waals surface area contributed by atoms with Crippen LogP contribution in [-0.2, 0) is 97.5 Å². The Morgan fingerprint density at radius 1 is 0.695 bits per heavy atom. The number of piperazine rings is 2. The maximum atomic E-state index is 14.8. The molecule has 7 aromatic rings. The van der Waals surface area contributed by atoms with Gasteiger partial charge in [0.25, 0.3) is 23.6 Å². The maximum absolute atomic E-state index is 14.8. The number of cyclic esters (lactones) is 1. The lowest BCUT2D eigenvalue weighted by Gasteiger charge is -2.42. The van der Waals surface area contributed by atoms with E-state index < -0.39 is 102 Å². The fourth-order valence-corrected chi connectivity index (χ4v) is 20.0. The molecule has 0 spiro atoms. The molecular formula is C102H137N19O20. The van der Waals surface area contributed by atoms with Gasteiger partial charge in [-0.15, -0.1) is 0 Å². The number of oxazole rings is 1. The number of nitrogens with two attached hydrogens (primary N) is 2. The Balaban J connectivity index is 0.468. The number of carbonyl (C=O) groups excluding carboxylic acids is 9. The third-order valence-electron chi connectivity index (χ3n) is 28.5. The van der Waals surface area contributed by atoms with E-state index in [4.69, 9.17) is 58.9 Å². The summed E-state index contributed by atoms with van der Waals surface area (Å²) in [5.41, 5.74) is 20.8. The molecule has 0 unspecified atom stereocenters. The number of aliphatic hydroxyl groups is 2. The Bertz CT molecular complexity index is 5640. The first-order valence-electron chi connectivity index (χ1n) is 49.4. The summed E-state index contributed by atoms with van der Waals surface area (Å²) in [6.07, 6.45) is 17.9. The minimum absolute atomic E-state index is 0.00271. The molecule has 8 N–H and O–H groups in total. The van der Waals surface area contributed by atoms with E-state index in [-0.39, 0.29) is 112 Å². The third-order valence-corrected chi connectivity index (χ3v) is 28.5. The Labute approximate surface area is 821 Å². The number of ether oxygens (including phenoxy) is 8. The molecule has 5 amide bonds. The molecule has 2 aromatic carbocycles. The second-order valence-corrected chi connectivity index (χ2v) is 38.5. The van der Waals surface area contributed by atoms with Crippen LogP contribution in [0.2, 0.25) is 0 Å². The van der Waals surface area contributed by atoms with Gasteiger partial charge in [0.2, 0.25) is 29.5 Å². The van der Waals surface area contributed by atoms with Crippen LogP contribution in [0.5, 0.6) is 0 Å². The number of Topliss-reactive ketones (excluding diaryl/α,β-unsaturated/α-hetero) is 3. The highest BCUT2D eigenvalue weighted by Crippen LogP contribution is 2.40. The standard InChI is InChI=1S/C102H137N19O20/c1-62-16-12-11-13-17-63(2)82(133-8)52-76-24-19-68(7)102(132,141-76)92(127)96(129)120-31-15-14-18-78(120)97(130)138-83(53-79(122)64(3)47-67(6)90(126)91(135-10)89(125)66(5)46-62)65(4)48-69-21-25-81(84(50-69)134-9)140-101(131)110-56-71-54-106-99(107-55-71)118-39-37-116(38-40-118)85(123)28-43-137-45-41-115-33-35-117(36-34-115)100-108-57-75(58-109-100)95(128)105-30-44-136-42-29-86(124)119-32-27-72-49-70(20-22-74(72)60-119)59-121-94-87(93(103)111-61-112-94)88(114-121)73-23-26-80-77(51-73)113-98(104)139-80/h11-13,16-17,20,22-23,26,47,49,51,54-55,57-58,61-62,64-66,68-69,76,78,81-84,90-91,126,132H,14-15,18-19,21,24-25,27-46,48,50,52-53,56,59-60H2,1-10H3,(H2,104,113)(H,105,128)(H,110,131)(H2,103,111,112)/b13-11+,16-12+,63-17+,67-47+/t62-,64-,65-,66-,68-,69+,76+,78+,81-,82+,83+,84-,90-,91+,102-/m1/s1. The Morgan fingerprint density at radius 3 is 2.15 bits per heavy atom. The molecule has 39 heteroatoms. The van der Waals surface area contributed by atoms with Crippen molar-refractivity contribution in [3.05, 3.63) is 143 Å². The summed E-state index contributed by atoms with van der Waals surface area (Å²) in [4.78, 5) is 168.